The summed E-state index contributed by atoms with van der Waals surface area (Å²) in [4.78, 5) is 35.4. The molecule has 0 fully saturated rings. The van der Waals surface area contributed by atoms with Crippen LogP contribution in [0.15, 0.2) is 57.9 Å². The Morgan fingerprint density at radius 2 is 1.91 bits per heavy atom. The summed E-state index contributed by atoms with van der Waals surface area (Å²) in [6, 6.07) is 11.8. The van der Waals surface area contributed by atoms with Gasteiger partial charge in [0.15, 0.2) is 6.10 Å². The molecule has 120 valence electrons. The van der Waals surface area contributed by atoms with Crippen LogP contribution in [0.2, 0.25) is 0 Å². The van der Waals surface area contributed by atoms with E-state index in [-0.39, 0.29) is 12.1 Å². The lowest BCUT2D eigenvalue weighted by Crippen LogP contribution is -2.32. The molecule has 2 rings (SSSR count). The summed E-state index contributed by atoms with van der Waals surface area (Å²) < 4.78 is 6.93. The van der Waals surface area contributed by atoms with Crippen LogP contribution in [0.5, 0.6) is 0 Å². The number of esters is 1. The van der Waals surface area contributed by atoms with Gasteiger partial charge in [-0.25, -0.2) is 0 Å². The summed E-state index contributed by atoms with van der Waals surface area (Å²) >= 11 is 3.22. The molecule has 0 aliphatic rings. The zero-order valence-electron chi connectivity index (χ0n) is 12.4. The van der Waals surface area contributed by atoms with Gasteiger partial charge >= 0.3 is 5.97 Å². The first-order valence-corrected chi connectivity index (χ1v) is 7.66. The second-order valence-corrected chi connectivity index (χ2v) is 5.72. The zero-order chi connectivity index (χ0) is 16.8. The zero-order valence-corrected chi connectivity index (χ0v) is 13.9. The summed E-state index contributed by atoms with van der Waals surface area (Å²) in [5, 5.41) is 2.64. The van der Waals surface area contributed by atoms with Crippen molar-refractivity contribution in [2.75, 3.05) is 5.32 Å². The Balaban J connectivity index is 1.93. The Labute approximate surface area is 141 Å². The van der Waals surface area contributed by atoms with Gasteiger partial charge in [0, 0.05) is 22.4 Å². The van der Waals surface area contributed by atoms with E-state index in [1.165, 1.54) is 23.8 Å². The van der Waals surface area contributed by atoms with Crippen molar-refractivity contribution in [1.82, 2.24) is 4.57 Å². The van der Waals surface area contributed by atoms with Crippen LogP contribution in [0.1, 0.15) is 6.92 Å². The highest BCUT2D eigenvalue weighted by atomic mass is 79.9. The Bertz CT molecular complexity index is 758. The summed E-state index contributed by atoms with van der Waals surface area (Å²) in [5.74, 6) is -1.10. The fraction of sp³-hybridized carbons (Fsp3) is 0.188. The Morgan fingerprint density at radius 1 is 1.22 bits per heavy atom. The molecule has 0 bridgehead atoms. The van der Waals surface area contributed by atoms with Crippen LogP contribution in [-0.4, -0.2) is 22.5 Å². The molecule has 6 nitrogen and oxygen atoms in total. The van der Waals surface area contributed by atoms with Gasteiger partial charge in [-0.2, -0.15) is 0 Å². The smallest absolute Gasteiger partial charge is 0.326 e. The largest absolute Gasteiger partial charge is 0.451 e. The minimum Gasteiger partial charge on any atom is -0.451 e. The van der Waals surface area contributed by atoms with E-state index < -0.39 is 18.0 Å². The molecular formula is C16H15BrN2O4. The van der Waals surface area contributed by atoms with E-state index in [0.29, 0.717) is 10.2 Å². The maximum Gasteiger partial charge on any atom is 0.326 e. The highest BCUT2D eigenvalue weighted by Gasteiger charge is 2.18. The van der Waals surface area contributed by atoms with E-state index in [2.05, 4.69) is 21.2 Å². The van der Waals surface area contributed by atoms with Gasteiger partial charge in [0.1, 0.15) is 6.54 Å². The minimum absolute atomic E-state index is 0.263. The number of ether oxygens (including phenoxy) is 1. The first-order chi connectivity index (χ1) is 11.0. The van der Waals surface area contributed by atoms with Crippen LogP contribution < -0.4 is 10.9 Å². The molecule has 1 amide bonds. The number of para-hydroxylation sites is 1. The predicted octanol–water partition coefficient (Wildman–Crippen LogP) is 2.18. The maximum atomic E-state index is 12.0. The fourth-order valence-electron chi connectivity index (χ4n) is 1.82. The molecule has 7 heteroatoms. The molecule has 2 aromatic rings. The molecule has 0 saturated carbocycles. The summed E-state index contributed by atoms with van der Waals surface area (Å²) in [7, 11) is 0. The van der Waals surface area contributed by atoms with E-state index in [1.54, 1.807) is 30.3 Å². The number of benzene rings is 1. The Morgan fingerprint density at radius 3 is 2.61 bits per heavy atom. The second-order valence-electron chi connectivity index (χ2n) is 4.80. The Kier molecular flexibility index (Phi) is 5.70. The van der Waals surface area contributed by atoms with Crippen molar-refractivity contribution in [3.05, 3.63) is 63.5 Å². The van der Waals surface area contributed by atoms with E-state index in [9.17, 15) is 14.4 Å². The SMILES string of the molecule is CC(OC(=O)Cn1cc(Br)ccc1=O)C(=O)Nc1ccccc1. The lowest BCUT2D eigenvalue weighted by atomic mass is 10.3. The predicted molar refractivity (Wildman–Crippen MR) is 89.0 cm³/mol. The Hall–Kier alpha value is -2.41. The lowest BCUT2D eigenvalue weighted by Gasteiger charge is -2.14. The number of rotatable bonds is 5. The van der Waals surface area contributed by atoms with Gasteiger partial charge < -0.3 is 14.6 Å². The number of hydrogen-bond donors (Lipinski definition) is 1. The van der Waals surface area contributed by atoms with E-state index in [1.807, 2.05) is 6.07 Å². The first-order valence-electron chi connectivity index (χ1n) is 6.87. The molecule has 0 spiro atoms. The average molecular weight is 379 g/mol. The lowest BCUT2D eigenvalue weighted by molar-refractivity contribution is -0.153. The fourth-order valence-corrected chi connectivity index (χ4v) is 2.20. The van der Waals surface area contributed by atoms with Crippen molar-refractivity contribution >= 4 is 33.5 Å². The summed E-state index contributed by atoms with van der Waals surface area (Å²) in [6.07, 6.45) is 0.517. The van der Waals surface area contributed by atoms with Gasteiger partial charge in [0.25, 0.3) is 11.5 Å². The van der Waals surface area contributed by atoms with Crippen LogP contribution in [0, 0.1) is 0 Å². The van der Waals surface area contributed by atoms with Crippen LogP contribution >= 0.6 is 15.9 Å². The number of carbonyl (C=O) groups is 2. The monoisotopic (exact) mass is 378 g/mol. The third kappa shape index (κ3) is 5.07. The van der Waals surface area contributed by atoms with Crippen LogP contribution in [0.3, 0.4) is 0 Å². The molecule has 0 radical (unpaired) electrons. The third-order valence-electron chi connectivity index (χ3n) is 2.97. The van der Waals surface area contributed by atoms with Gasteiger partial charge in [0.05, 0.1) is 0 Å². The minimum atomic E-state index is -0.967. The van der Waals surface area contributed by atoms with Crippen LogP contribution in [-0.2, 0) is 20.9 Å². The van der Waals surface area contributed by atoms with Crippen molar-refractivity contribution < 1.29 is 14.3 Å². The van der Waals surface area contributed by atoms with Crippen LogP contribution in [0.25, 0.3) is 0 Å². The number of amides is 1. The van der Waals surface area contributed by atoms with Gasteiger partial charge in [-0.15, -0.1) is 0 Å². The van der Waals surface area contributed by atoms with Crippen molar-refractivity contribution in [2.24, 2.45) is 0 Å². The van der Waals surface area contributed by atoms with Crippen molar-refractivity contribution in [2.45, 2.75) is 19.6 Å². The molecule has 1 unspecified atom stereocenters. The molecule has 1 aromatic heterocycles. The van der Waals surface area contributed by atoms with E-state index in [4.69, 9.17) is 4.74 Å². The van der Waals surface area contributed by atoms with Crippen LogP contribution in [0.4, 0.5) is 5.69 Å². The third-order valence-corrected chi connectivity index (χ3v) is 3.43. The number of halogens is 1. The van der Waals surface area contributed by atoms with Crippen molar-refractivity contribution in [3.63, 3.8) is 0 Å². The molecule has 23 heavy (non-hydrogen) atoms. The number of carbonyl (C=O) groups excluding carboxylic acids is 2. The molecule has 1 heterocycles. The topological polar surface area (TPSA) is 77.4 Å². The molecule has 1 N–H and O–H groups in total. The van der Waals surface area contributed by atoms with Gasteiger partial charge in [-0.1, -0.05) is 18.2 Å². The number of anilines is 1. The molecule has 0 saturated heterocycles. The molecular weight excluding hydrogens is 364 g/mol. The molecule has 0 aliphatic heterocycles. The van der Waals surface area contributed by atoms with Crippen molar-refractivity contribution in [1.29, 1.82) is 0 Å². The average Bonchev–Trinajstić information content (AvgIpc) is 2.51. The number of hydrogen-bond acceptors (Lipinski definition) is 4. The number of pyridine rings is 1. The number of aromatic nitrogens is 1. The second kappa shape index (κ2) is 7.73. The molecule has 1 atom stereocenters. The maximum absolute atomic E-state index is 12.0. The quantitative estimate of drug-likeness (QED) is 0.808. The number of nitrogens with one attached hydrogen (secondary N) is 1. The highest BCUT2D eigenvalue weighted by molar-refractivity contribution is 9.10. The van der Waals surface area contributed by atoms with E-state index in [0.717, 1.165) is 0 Å². The standard InChI is InChI=1S/C16H15BrN2O4/c1-11(16(22)18-13-5-3-2-4-6-13)23-15(21)10-19-9-12(17)7-8-14(19)20/h2-9,11H,10H2,1H3,(H,18,22). The van der Waals surface area contributed by atoms with Gasteiger partial charge in [0.2, 0.25) is 0 Å². The van der Waals surface area contributed by atoms with E-state index >= 15 is 0 Å². The van der Waals surface area contributed by atoms with Crippen molar-refractivity contribution in [3.8, 4) is 0 Å². The molecule has 0 aliphatic carbocycles. The summed E-state index contributed by atoms with van der Waals surface area (Å²) in [6.45, 7) is 1.21. The van der Waals surface area contributed by atoms with Gasteiger partial charge in [-0.05, 0) is 41.1 Å². The molecule has 1 aromatic carbocycles. The number of nitrogens with zero attached hydrogens (tertiary/aromatic N) is 1. The normalized spacial score (nSPS) is 11.6. The van der Waals surface area contributed by atoms with Gasteiger partial charge in [-0.3, -0.25) is 14.4 Å². The highest BCUT2D eigenvalue weighted by Crippen LogP contribution is 2.07. The summed E-state index contributed by atoms with van der Waals surface area (Å²) in [5.41, 5.74) is 0.287. The first kappa shape index (κ1) is 17.0.